The van der Waals surface area contributed by atoms with E-state index in [0.717, 1.165) is 0 Å². The molecule has 8 nitrogen and oxygen atoms in total. The second-order valence-electron chi connectivity index (χ2n) is 4.24. The van der Waals surface area contributed by atoms with Crippen molar-refractivity contribution in [3.05, 3.63) is 62.1 Å². The molecule has 0 aliphatic carbocycles. The first kappa shape index (κ1) is 15.4. The number of aromatic nitrogens is 2. The number of aliphatic imine (C=N–C) groups is 1. The number of rotatable bonds is 3. The number of nitro groups is 1. The Morgan fingerprint density at radius 1 is 1.50 bits per heavy atom. The fourth-order valence-corrected chi connectivity index (χ4v) is 1.81. The normalized spacial score (nSPS) is 10.6. The third-order valence-corrected chi connectivity index (χ3v) is 2.76. The smallest absolute Gasteiger partial charge is 0.278 e. The highest BCUT2D eigenvalue weighted by Crippen LogP contribution is 2.15. The van der Waals surface area contributed by atoms with Gasteiger partial charge in [-0.15, -0.1) is 0 Å². The molecule has 0 unspecified atom stereocenters. The van der Waals surface area contributed by atoms with Gasteiger partial charge in [0, 0.05) is 24.0 Å². The van der Waals surface area contributed by atoms with Crippen molar-refractivity contribution in [1.82, 2.24) is 9.97 Å². The lowest BCUT2D eigenvalue weighted by Crippen LogP contribution is -2.15. The summed E-state index contributed by atoms with van der Waals surface area (Å²) in [6.45, 7) is 1.67. The van der Waals surface area contributed by atoms with E-state index in [1.165, 1.54) is 18.3 Å². The predicted molar refractivity (Wildman–Crippen MR) is 86.5 cm³/mol. The number of H-pyrrole nitrogens is 1. The summed E-state index contributed by atoms with van der Waals surface area (Å²) in [6, 6.07) is 7.48. The molecule has 1 aromatic heterocycles. The number of para-hydroxylation sites is 1. The number of thiocarbonyl (C=S) groups is 1. The Labute approximate surface area is 130 Å². The average molecular weight is 317 g/mol. The lowest BCUT2D eigenvalue weighted by Gasteiger charge is -2.03. The molecule has 2 N–H and O–H groups in total. The molecule has 0 aliphatic heterocycles. The van der Waals surface area contributed by atoms with E-state index in [-0.39, 0.29) is 22.3 Å². The van der Waals surface area contributed by atoms with Crippen LogP contribution in [-0.2, 0) is 0 Å². The summed E-state index contributed by atoms with van der Waals surface area (Å²) in [5, 5.41) is 13.5. The number of benzene rings is 1. The number of anilines is 1. The van der Waals surface area contributed by atoms with Crippen LogP contribution in [0, 0.1) is 17.0 Å². The molecule has 9 heteroatoms. The highest BCUT2D eigenvalue weighted by atomic mass is 32.1. The fourth-order valence-electron chi connectivity index (χ4n) is 1.66. The second kappa shape index (κ2) is 6.68. The lowest BCUT2D eigenvalue weighted by molar-refractivity contribution is -0.385. The third kappa shape index (κ3) is 4.03. The SMILES string of the molecule is Cc1cc(=O)[nH]c(NC(=S)/N=C/c2ccccc2[N+](=O)[O-])n1. The van der Waals surface area contributed by atoms with E-state index in [0.29, 0.717) is 11.3 Å². The van der Waals surface area contributed by atoms with Crippen LogP contribution in [0.3, 0.4) is 0 Å². The van der Waals surface area contributed by atoms with Crippen molar-refractivity contribution in [2.24, 2.45) is 4.99 Å². The van der Waals surface area contributed by atoms with E-state index in [1.54, 1.807) is 25.1 Å². The highest BCUT2D eigenvalue weighted by Gasteiger charge is 2.10. The van der Waals surface area contributed by atoms with Crippen LogP contribution in [0.4, 0.5) is 11.6 Å². The van der Waals surface area contributed by atoms with E-state index in [1.807, 2.05) is 0 Å². The minimum Gasteiger partial charge on any atom is -0.301 e. The predicted octanol–water partition coefficient (Wildman–Crippen LogP) is 1.80. The number of hydrogen-bond donors (Lipinski definition) is 2. The van der Waals surface area contributed by atoms with E-state index < -0.39 is 4.92 Å². The van der Waals surface area contributed by atoms with Gasteiger partial charge in [-0.05, 0) is 25.2 Å². The standard InChI is InChI=1S/C13H11N5O3S/c1-8-6-11(19)16-12(15-8)17-13(22)14-7-9-4-2-3-5-10(9)18(20)21/h2-7H,1H3,(H2,15,16,17,19,22)/b14-7+. The maximum atomic E-state index is 11.3. The monoisotopic (exact) mass is 317 g/mol. The molecule has 0 saturated carbocycles. The molecule has 0 bridgehead atoms. The zero-order valence-electron chi connectivity index (χ0n) is 11.4. The van der Waals surface area contributed by atoms with Crippen molar-refractivity contribution in [3.63, 3.8) is 0 Å². The number of aromatic amines is 1. The summed E-state index contributed by atoms with van der Waals surface area (Å²) in [5.74, 6) is 0.162. The Balaban J connectivity index is 2.15. The molecule has 0 amide bonds. The molecule has 0 spiro atoms. The van der Waals surface area contributed by atoms with Gasteiger partial charge in [0.1, 0.15) is 0 Å². The quantitative estimate of drug-likeness (QED) is 0.386. The summed E-state index contributed by atoms with van der Waals surface area (Å²) < 4.78 is 0. The van der Waals surface area contributed by atoms with Crippen LogP contribution in [0.5, 0.6) is 0 Å². The first-order valence-corrected chi connectivity index (χ1v) is 6.53. The van der Waals surface area contributed by atoms with Crippen molar-refractivity contribution in [3.8, 4) is 0 Å². The maximum absolute atomic E-state index is 11.3. The van der Waals surface area contributed by atoms with E-state index >= 15 is 0 Å². The lowest BCUT2D eigenvalue weighted by atomic mass is 10.2. The minimum atomic E-state index is -0.503. The van der Waals surface area contributed by atoms with Crippen LogP contribution < -0.4 is 10.9 Å². The third-order valence-electron chi connectivity index (χ3n) is 2.55. The van der Waals surface area contributed by atoms with Crippen molar-refractivity contribution < 1.29 is 4.92 Å². The number of hydrogen-bond acceptors (Lipinski definition) is 5. The van der Waals surface area contributed by atoms with Gasteiger partial charge in [-0.2, -0.15) is 0 Å². The van der Waals surface area contributed by atoms with Crippen LogP contribution in [0.25, 0.3) is 0 Å². The molecule has 22 heavy (non-hydrogen) atoms. The first-order valence-electron chi connectivity index (χ1n) is 6.12. The Hall–Kier alpha value is -2.94. The molecule has 1 aromatic carbocycles. The van der Waals surface area contributed by atoms with Gasteiger partial charge in [-0.1, -0.05) is 12.1 Å². The molecule has 0 atom stereocenters. The summed E-state index contributed by atoms with van der Waals surface area (Å²) in [5.41, 5.74) is 0.454. The van der Waals surface area contributed by atoms with Crippen LogP contribution in [0.1, 0.15) is 11.3 Å². The number of aryl methyl sites for hydroxylation is 1. The Kier molecular flexibility index (Phi) is 4.69. The first-order chi connectivity index (χ1) is 10.5. The van der Waals surface area contributed by atoms with Gasteiger partial charge in [0.25, 0.3) is 11.2 Å². The van der Waals surface area contributed by atoms with Gasteiger partial charge < -0.3 is 5.32 Å². The summed E-state index contributed by atoms with van der Waals surface area (Å²) in [4.78, 5) is 32.1. The Bertz CT molecular complexity index is 815. The molecule has 112 valence electrons. The van der Waals surface area contributed by atoms with E-state index in [2.05, 4.69) is 20.3 Å². The number of nitro benzene ring substituents is 1. The molecule has 0 radical (unpaired) electrons. The minimum absolute atomic E-state index is 0.0203. The van der Waals surface area contributed by atoms with Crippen LogP contribution >= 0.6 is 12.2 Å². The zero-order valence-corrected chi connectivity index (χ0v) is 12.3. The summed E-state index contributed by atoms with van der Waals surface area (Å²) in [6.07, 6.45) is 1.28. The topological polar surface area (TPSA) is 113 Å². The molecular weight excluding hydrogens is 306 g/mol. The average Bonchev–Trinajstić information content (AvgIpc) is 2.44. The summed E-state index contributed by atoms with van der Waals surface area (Å²) >= 11 is 4.99. The molecule has 2 rings (SSSR count). The van der Waals surface area contributed by atoms with E-state index in [4.69, 9.17) is 12.2 Å². The Morgan fingerprint density at radius 3 is 2.91 bits per heavy atom. The van der Waals surface area contributed by atoms with Crippen LogP contribution in [0.15, 0.2) is 40.1 Å². The largest absolute Gasteiger partial charge is 0.301 e. The van der Waals surface area contributed by atoms with Crippen molar-refractivity contribution in [2.75, 3.05) is 5.32 Å². The van der Waals surface area contributed by atoms with Gasteiger partial charge >= 0.3 is 0 Å². The molecular formula is C13H11N5O3S. The van der Waals surface area contributed by atoms with Crippen LogP contribution in [-0.4, -0.2) is 26.2 Å². The van der Waals surface area contributed by atoms with Crippen molar-refractivity contribution in [1.29, 1.82) is 0 Å². The van der Waals surface area contributed by atoms with Crippen LogP contribution in [0.2, 0.25) is 0 Å². The van der Waals surface area contributed by atoms with Gasteiger partial charge in [-0.3, -0.25) is 19.9 Å². The van der Waals surface area contributed by atoms with Gasteiger partial charge in [0.15, 0.2) is 5.11 Å². The van der Waals surface area contributed by atoms with E-state index in [9.17, 15) is 14.9 Å². The van der Waals surface area contributed by atoms with Gasteiger partial charge in [0.05, 0.1) is 10.5 Å². The molecule has 0 aliphatic rings. The molecule has 0 fully saturated rings. The van der Waals surface area contributed by atoms with Crippen molar-refractivity contribution >= 4 is 35.2 Å². The molecule has 0 saturated heterocycles. The zero-order chi connectivity index (χ0) is 16.1. The van der Waals surface area contributed by atoms with Crippen molar-refractivity contribution in [2.45, 2.75) is 6.92 Å². The van der Waals surface area contributed by atoms with Gasteiger partial charge in [-0.25, -0.2) is 9.98 Å². The number of nitrogens with zero attached hydrogens (tertiary/aromatic N) is 3. The Morgan fingerprint density at radius 2 is 2.23 bits per heavy atom. The van der Waals surface area contributed by atoms with Gasteiger partial charge in [0.2, 0.25) is 5.95 Å². The molecule has 2 aromatic rings. The highest BCUT2D eigenvalue weighted by molar-refractivity contribution is 7.80. The molecule has 1 heterocycles. The summed E-state index contributed by atoms with van der Waals surface area (Å²) in [7, 11) is 0. The maximum Gasteiger partial charge on any atom is 0.278 e. The fraction of sp³-hybridized carbons (Fsp3) is 0.0769. The number of nitrogens with one attached hydrogen (secondary N) is 2. The second-order valence-corrected chi connectivity index (χ2v) is 4.63.